The van der Waals surface area contributed by atoms with Crippen molar-refractivity contribution in [2.24, 2.45) is 11.8 Å². The summed E-state index contributed by atoms with van der Waals surface area (Å²) in [6.45, 7) is 5.37. The highest BCUT2D eigenvalue weighted by Crippen LogP contribution is 2.14. The zero-order valence-electron chi connectivity index (χ0n) is 12.2. The molecular formula is C13H23NO6. The van der Waals surface area contributed by atoms with Crippen LogP contribution in [0.2, 0.25) is 0 Å². The number of esters is 1. The molecule has 0 saturated heterocycles. The normalized spacial score (nSPS) is 11.8. The number of carbonyl (C=O) groups excluding carboxylic acids is 2. The Kier molecular flexibility index (Phi) is 9.15. The highest BCUT2D eigenvalue weighted by atomic mass is 16.7. The number of carbonyl (C=O) groups is 3. The van der Waals surface area contributed by atoms with Gasteiger partial charge in [-0.1, -0.05) is 20.8 Å². The van der Waals surface area contributed by atoms with Crippen LogP contribution in [0.15, 0.2) is 0 Å². The molecule has 0 aromatic rings. The Morgan fingerprint density at radius 1 is 1.20 bits per heavy atom. The van der Waals surface area contributed by atoms with Crippen molar-refractivity contribution in [3.05, 3.63) is 0 Å². The van der Waals surface area contributed by atoms with Crippen molar-refractivity contribution in [3.63, 3.8) is 0 Å². The fourth-order valence-electron chi connectivity index (χ4n) is 1.68. The quantitative estimate of drug-likeness (QED) is 0.495. The van der Waals surface area contributed by atoms with E-state index in [1.165, 1.54) is 0 Å². The van der Waals surface area contributed by atoms with Crippen molar-refractivity contribution in [1.82, 2.24) is 5.32 Å². The van der Waals surface area contributed by atoms with Crippen LogP contribution in [0.25, 0.3) is 0 Å². The highest BCUT2D eigenvalue weighted by molar-refractivity contribution is 5.70. The molecule has 0 bridgehead atoms. The molecule has 0 aliphatic rings. The lowest BCUT2D eigenvalue weighted by molar-refractivity contribution is -0.151. The zero-order valence-corrected chi connectivity index (χ0v) is 12.2. The first-order valence-electron chi connectivity index (χ1n) is 6.63. The topological polar surface area (TPSA) is 102 Å². The second kappa shape index (κ2) is 10.1. The van der Waals surface area contributed by atoms with E-state index in [9.17, 15) is 14.4 Å². The molecule has 20 heavy (non-hydrogen) atoms. The molecule has 0 radical (unpaired) electrons. The number of carboxylic acids is 1. The summed E-state index contributed by atoms with van der Waals surface area (Å²) in [4.78, 5) is 32.8. The number of aliphatic carboxylic acids is 1. The van der Waals surface area contributed by atoms with E-state index in [-0.39, 0.29) is 25.3 Å². The molecule has 116 valence electrons. The molecule has 0 aliphatic heterocycles. The van der Waals surface area contributed by atoms with Gasteiger partial charge in [0, 0.05) is 19.4 Å². The lowest BCUT2D eigenvalue weighted by Crippen LogP contribution is -2.32. The second-order valence-electron chi connectivity index (χ2n) is 4.89. The van der Waals surface area contributed by atoms with Gasteiger partial charge in [0.15, 0.2) is 0 Å². The maximum absolute atomic E-state index is 11.3. The number of alkyl carbamates (subject to hydrolysis) is 1. The van der Waals surface area contributed by atoms with E-state index in [4.69, 9.17) is 5.11 Å². The summed E-state index contributed by atoms with van der Waals surface area (Å²) in [5, 5.41) is 11.3. The number of nitrogens with one attached hydrogen (secondary N) is 1. The minimum absolute atomic E-state index is 0.0106. The van der Waals surface area contributed by atoms with Gasteiger partial charge in [0.25, 0.3) is 0 Å². The Labute approximate surface area is 118 Å². The lowest BCUT2D eigenvalue weighted by Gasteiger charge is -2.17. The predicted molar refractivity (Wildman–Crippen MR) is 70.9 cm³/mol. The van der Waals surface area contributed by atoms with Crippen molar-refractivity contribution < 1.29 is 29.0 Å². The third-order valence-electron chi connectivity index (χ3n) is 2.50. The Morgan fingerprint density at radius 2 is 1.85 bits per heavy atom. The Balaban J connectivity index is 3.97. The molecule has 0 fully saturated rings. The van der Waals surface area contributed by atoms with Crippen LogP contribution in [0.3, 0.4) is 0 Å². The molecule has 0 aliphatic carbocycles. The largest absolute Gasteiger partial charge is 0.481 e. The molecule has 7 heteroatoms. The van der Waals surface area contributed by atoms with Crippen molar-refractivity contribution in [2.75, 3.05) is 13.3 Å². The smallest absolute Gasteiger partial charge is 0.410 e. The van der Waals surface area contributed by atoms with Crippen molar-refractivity contribution in [2.45, 2.75) is 40.0 Å². The molecule has 0 unspecified atom stereocenters. The van der Waals surface area contributed by atoms with E-state index in [0.29, 0.717) is 12.3 Å². The average Bonchev–Trinajstić information content (AvgIpc) is 2.34. The van der Waals surface area contributed by atoms with Gasteiger partial charge < -0.3 is 19.9 Å². The number of ether oxygens (including phenoxy) is 2. The van der Waals surface area contributed by atoms with E-state index in [0.717, 1.165) is 0 Å². The SMILES string of the molecule is CCC(=O)OCOC(=O)NC[C@H](CC(=O)O)CC(C)C. The standard InChI is InChI=1S/C13H23NO6/c1-4-12(17)19-8-20-13(18)14-7-10(5-9(2)3)6-11(15)16/h9-10H,4-8H2,1-3H3,(H,14,18)(H,15,16)/t10-/m0/s1. The zero-order chi connectivity index (χ0) is 15.5. The van der Waals surface area contributed by atoms with Crippen LogP contribution in [0.4, 0.5) is 4.79 Å². The van der Waals surface area contributed by atoms with Crippen LogP contribution in [0, 0.1) is 11.8 Å². The van der Waals surface area contributed by atoms with E-state index < -0.39 is 24.8 Å². The van der Waals surface area contributed by atoms with Crippen LogP contribution in [0.1, 0.15) is 40.0 Å². The van der Waals surface area contributed by atoms with Crippen LogP contribution < -0.4 is 5.32 Å². The minimum Gasteiger partial charge on any atom is -0.481 e. The van der Waals surface area contributed by atoms with Crippen LogP contribution in [0.5, 0.6) is 0 Å². The fraction of sp³-hybridized carbons (Fsp3) is 0.769. The van der Waals surface area contributed by atoms with Gasteiger partial charge in [0.05, 0.1) is 0 Å². The maximum atomic E-state index is 11.3. The summed E-state index contributed by atoms with van der Waals surface area (Å²) in [6, 6.07) is 0. The predicted octanol–water partition coefficient (Wildman–Crippen LogP) is 1.76. The van der Waals surface area contributed by atoms with Crippen molar-refractivity contribution in [3.8, 4) is 0 Å². The monoisotopic (exact) mass is 289 g/mol. The van der Waals surface area contributed by atoms with Gasteiger partial charge in [0.2, 0.25) is 6.79 Å². The highest BCUT2D eigenvalue weighted by Gasteiger charge is 2.16. The van der Waals surface area contributed by atoms with Gasteiger partial charge in [-0.05, 0) is 18.3 Å². The number of amides is 1. The third-order valence-corrected chi connectivity index (χ3v) is 2.50. The summed E-state index contributed by atoms with van der Waals surface area (Å²) in [6.07, 6.45) is 0.161. The van der Waals surface area contributed by atoms with E-state index in [1.807, 2.05) is 13.8 Å². The molecule has 0 aromatic heterocycles. The van der Waals surface area contributed by atoms with E-state index in [2.05, 4.69) is 14.8 Å². The van der Waals surface area contributed by atoms with Crippen LogP contribution in [-0.2, 0) is 19.1 Å². The molecular weight excluding hydrogens is 266 g/mol. The second-order valence-corrected chi connectivity index (χ2v) is 4.89. The summed E-state index contributed by atoms with van der Waals surface area (Å²) >= 11 is 0. The first kappa shape index (κ1) is 18.2. The molecule has 0 spiro atoms. The summed E-state index contributed by atoms with van der Waals surface area (Å²) in [7, 11) is 0. The average molecular weight is 289 g/mol. The number of hydrogen-bond acceptors (Lipinski definition) is 5. The van der Waals surface area contributed by atoms with Gasteiger partial charge in [-0.3, -0.25) is 9.59 Å². The van der Waals surface area contributed by atoms with Crippen molar-refractivity contribution >= 4 is 18.0 Å². The Hall–Kier alpha value is -1.79. The third kappa shape index (κ3) is 10.2. The molecule has 2 N–H and O–H groups in total. The van der Waals surface area contributed by atoms with Gasteiger partial charge in [-0.25, -0.2) is 4.79 Å². The minimum atomic E-state index is -0.900. The summed E-state index contributed by atoms with van der Waals surface area (Å²) in [5.74, 6) is -1.18. The first-order valence-corrected chi connectivity index (χ1v) is 6.63. The summed E-state index contributed by atoms with van der Waals surface area (Å²) in [5.41, 5.74) is 0. The van der Waals surface area contributed by atoms with Gasteiger partial charge in [0.1, 0.15) is 0 Å². The number of carboxylic acid groups (broad SMARTS) is 1. The maximum Gasteiger partial charge on any atom is 0.410 e. The van der Waals surface area contributed by atoms with Crippen LogP contribution >= 0.6 is 0 Å². The number of rotatable bonds is 9. The molecule has 0 heterocycles. The fourth-order valence-corrected chi connectivity index (χ4v) is 1.68. The molecule has 1 atom stereocenters. The molecule has 0 aromatic carbocycles. The van der Waals surface area contributed by atoms with Crippen LogP contribution in [-0.4, -0.2) is 36.5 Å². The van der Waals surface area contributed by atoms with E-state index >= 15 is 0 Å². The Morgan fingerprint density at radius 3 is 2.35 bits per heavy atom. The van der Waals surface area contributed by atoms with Gasteiger partial charge in [-0.2, -0.15) is 0 Å². The summed E-state index contributed by atoms with van der Waals surface area (Å²) < 4.78 is 9.22. The van der Waals surface area contributed by atoms with Gasteiger partial charge >= 0.3 is 18.0 Å². The Bertz CT molecular complexity index is 329. The molecule has 1 amide bonds. The molecule has 0 rings (SSSR count). The first-order chi connectivity index (χ1) is 9.35. The van der Waals surface area contributed by atoms with E-state index in [1.54, 1.807) is 6.92 Å². The van der Waals surface area contributed by atoms with Crippen molar-refractivity contribution in [1.29, 1.82) is 0 Å². The molecule has 7 nitrogen and oxygen atoms in total. The molecule has 0 saturated carbocycles. The lowest BCUT2D eigenvalue weighted by atomic mass is 9.94. The van der Waals surface area contributed by atoms with Gasteiger partial charge in [-0.15, -0.1) is 0 Å². The number of hydrogen-bond donors (Lipinski definition) is 2.